The Hall–Kier alpha value is -4.10. The van der Waals surface area contributed by atoms with Gasteiger partial charge in [-0.2, -0.15) is 0 Å². The molecule has 4 aromatic rings. The minimum atomic E-state index is -3.74. The molecule has 5 atom stereocenters. The summed E-state index contributed by atoms with van der Waals surface area (Å²) in [5, 5.41) is 6.78. The molecule has 1 aliphatic heterocycles. The highest BCUT2D eigenvalue weighted by Crippen LogP contribution is 2.63. The largest absolute Gasteiger partial charge is 0.378 e. The molecule has 7 heteroatoms. The molecule has 4 aromatic carbocycles. The second-order valence-electron chi connectivity index (χ2n) is 11.7. The Morgan fingerprint density at radius 3 is 2.29 bits per heavy atom. The molecule has 1 heterocycles. The average molecular weight is 564 g/mol. The van der Waals surface area contributed by atoms with E-state index in [2.05, 4.69) is 57.8 Å². The van der Waals surface area contributed by atoms with Gasteiger partial charge in [0.25, 0.3) is 15.9 Å². The van der Waals surface area contributed by atoms with Gasteiger partial charge >= 0.3 is 0 Å². The van der Waals surface area contributed by atoms with Crippen LogP contribution in [0, 0.1) is 24.7 Å². The maximum absolute atomic E-state index is 13.3. The molecular formula is C34H33N3O3S. The standard InChI is InChI=1S/C34H33N3O3S/c1-21-7-12-27(13-8-21)37-41(39,40)28-16-14-26(15-17-28)35-34(38)25-11-18-30-29(20-25)31-23-9-10-24(19-23)32(31)33(36-30)22-5-3-2-4-6-22/h2-8,11-18,20,23-24,31-33,36-37H,9-10,19H2,1H3,(H,35,38)/t23-,24-,31-,32-,33+/m0/s1. The molecular weight excluding hydrogens is 530 g/mol. The summed E-state index contributed by atoms with van der Waals surface area (Å²) >= 11 is 0. The van der Waals surface area contributed by atoms with Gasteiger partial charge in [0.15, 0.2) is 0 Å². The van der Waals surface area contributed by atoms with E-state index in [1.165, 1.54) is 42.5 Å². The molecule has 2 aliphatic carbocycles. The van der Waals surface area contributed by atoms with Gasteiger partial charge in [-0.1, -0.05) is 48.0 Å². The van der Waals surface area contributed by atoms with E-state index in [1.807, 2.05) is 25.1 Å². The highest BCUT2D eigenvalue weighted by atomic mass is 32.2. The highest BCUT2D eigenvalue weighted by molar-refractivity contribution is 7.92. The second-order valence-corrected chi connectivity index (χ2v) is 13.4. The summed E-state index contributed by atoms with van der Waals surface area (Å²) < 4.78 is 28.3. The van der Waals surface area contributed by atoms with E-state index in [9.17, 15) is 13.2 Å². The van der Waals surface area contributed by atoms with Crippen molar-refractivity contribution in [3.8, 4) is 0 Å². The van der Waals surface area contributed by atoms with Gasteiger partial charge in [-0.25, -0.2) is 8.42 Å². The summed E-state index contributed by atoms with van der Waals surface area (Å²) in [5.41, 5.74) is 6.43. The Morgan fingerprint density at radius 1 is 0.829 bits per heavy atom. The number of rotatable bonds is 6. The molecule has 0 spiro atoms. The number of sulfonamides is 1. The number of benzene rings is 4. The predicted octanol–water partition coefficient (Wildman–Crippen LogP) is 7.34. The maximum Gasteiger partial charge on any atom is 0.261 e. The van der Waals surface area contributed by atoms with E-state index in [0.717, 1.165) is 11.3 Å². The molecule has 0 saturated heterocycles. The maximum atomic E-state index is 13.3. The normalized spacial score (nSPS) is 24.2. The summed E-state index contributed by atoms with van der Waals surface area (Å²) in [7, 11) is -3.74. The third-order valence-corrected chi connectivity index (χ3v) is 10.6. The summed E-state index contributed by atoms with van der Waals surface area (Å²) in [6.45, 7) is 1.95. The van der Waals surface area contributed by atoms with Crippen molar-refractivity contribution < 1.29 is 13.2 Å². The monoisotopic (exact) mass is 563 g/mol. The molecule has 7 rings (SSSR count). The molecule has 41 heavy (non-hydrogen) atoms. The number of amides is 1. The van der Waals surface area contributed by atoms with Crippen molar-refractivity contribution in [1.82, 2.24) is 0 Å². The van der Waals surface area contributed by atoms with Crippen LogP contribution < -0.4 is 15.4 Å². The lowest BCUT2D eigenvalue weighted by Gasteiger charge is -2.43. The van der Waals surface area contributed by atoms with Crippen LogP contribution in [0.3, 0.4) is 0 Å². The van der Waals surface area contributed by atoms with E-state index >= 15 is 0 Å². The van der Waals surface area contributed by atoms with Crippen LogP contribution in [-0.4, -0.2) is 14.3 Å². The van der Waals surface area contributed by atoms with Crippen LogP contribution in [0.25, 0.3) is 0 Å². The van der Waals surface area contributed by atoms with E-state index < -0.39 is 10.0 Å². The zero-order chi connectivity index (χ0) is 28.1. The Morgan fingerprint density at radius 2 is 1.54 bits per heavy atom. The van der Waals surface area contributed by atoms with Gasteiger partial charge in [-0.05, 0) is 116 Å². The molecule has 3 aliphatic rings. The van der Waals surface area contributed by atoms with E-state index in [1.54, 1.807) is 24.3 Å². The third-order valence-electron chi connectivity index (χ3n) is 9.23. The molecule has 2 saturated carbocycles. The van der Waals surface area contributed by atoms with Gasteiger partial charge in [0.05, 0.1) is 10.9 Å². The van der Waals surface area contributed by atoms with Gasteiger partial charge in [-0.3, -0.25) is 9.52 Å². The van der Waals surface area contributed by atoms with Crippen LogP contribution in [0.4, 0.5) is 17.1 Å². The summed E-state index contributed by atoms with van der Waals surface area (Å²) in [4.78, 5) is 13.5. The Labute approximate surface area is 241 Å². The van der Waals surface area contributed by atoms with Gasteiger partial charge in [-0.15, -0.1) is 0 Å². The number of carbonyl (C=O) groups excluding carboxylic acids is 1. The Balaban J connectivity index is 1.10. The lowest BCUT2D eigenvalue weighted by atomic mass is 9.68. The van der Waals surface area contributed by atoms with E-state index in [-0.39, 0.29) is 10.8 Å². The first-order valence-electron chi connectivity index (χ1n) is 14.3. The topological polar surface area (TPSA) is 87.3 Å². The van der Waals surface area contributed by atoms with Crippen LogP contribution in [0.5, 0.6) is 0 Å². The number of nitrogens with one attached hydrogen (secondary N) is 3. The second kappa shape index (κ2) is 10.1. The first-order chi connectivity index (χ1) is 19.9. The fourth-order valence-electron chi connectivity index (χ4n) is 7.37. The van der Waals surface area contributed by atoms with E-state index in [0.29, 0.717) is 46.7 Å². The molecule has 208 valence electrons. The number of fused-ring (bicyclic) bond motifs is 7. The van der Waals surface area contributed by atoms with E-state index in [4.69, 9.17) is 0 Å². The lowest BCUT2D eigenvalue weighted by molar-refractivity contribution is 0.102. The van der Waals surface area contributed by atoms with Crippen LogP contribution in [0.2, 0.25) is 0 Å². The van der Waals surface area contributed by atoms with Crippen molar-refractivity contribution in [2.24, 2.45) is 17.8 Å². The molecule has 0 radical (unpaired) electrons. The minimum absolute atomic E-state index is 0.131. The molecule has 3 N–H and O–H groups in total. The zero-order valence-corrected chi connectivity index (χ0v) is 23.7. The zero-order valence-electron chi connectivity index (χ0n) is 22.9. The number of hydrogen-bond donors (Lipinski definition) is 3. The number of carbonyl (C=O) groups is 1. The van der Waals surface area contributed by atoms with Crippen molar-refractivity contribution >= 4 is 33.0 Å². The van der Waals surface area contributed by atoms with Gasteiger partial charge in [0.1, 0.15) is 0 Å². The minimum Gasteiger partial charge on any atom is -0.378 e. The smallest absolute Gasteiger partial charge is 0.261 e. The first-order valence-corrected chi connectivity index (χ1v) is 15.8. The van der Waals surface area contributed by atoms with Gasteiger partial charge in [0, 0.05) is 22.6 Å². The van der Waals surface area contributed by atoms with Crippen LogP contribution in [0.15, 0.2) is 102 Å². The molecule has 2 bridgehead atoms. The summed E-state index contributed by atoms with van der Waals surface area (Å²) in [6.07, 6.45) is 3.82. The number of hydrogen-bond acceptors (Lipinski definition) is 4. The van der Waals surface area contributed by atoms with Crippen molar-refractivity contribution in [1.29, 1.82) is 0 Å². The van der Waals surface area contributed by atoms with Crippen molar-refractivity contribution in [3.05, 3.63) is 119 Å². The predicted molar refractivity (Wildman–Crippen MR) is 163 cm³/mol. The van der Waals surface area contributed by atoms with Gasteiger partial charge < -0.3 is 10.6 Å². The molecule has 0 aromatic heterocycles. The highest BCUT2D eigenvalue weighted by Gasteiger charge is 2.53. The number of anilines is 3. The van der Waals surface area contributed by atoms with Crippen LogP contribution >= 0.6 is 0 Å². The average Bonchev–Trinajstić information content (AvgIpc) is 3.62. The Kier molecular flexibility index (Phi) is 6.35. The fourth-order valence-corrected chi connectivity index (χ4v) is 8.43. The summed E-state index contributed by atoms with van der Waals surface area (Å²) in [6, 6.07) is 30.5. The quantitative estimate of drug-likeness (QED) is 0.229. The van der Waals surface area contributed by atoms with Crippen LogP contribution in [-0.2, 0) is 10.0 Å². The molecule has 0 unspecified atom stereocenters. The Bertz CT molecular complexity index is 1700. The van der Waals surface area contributed by atoms with Crippen molar-refractivity contribution in [3.63, 3.8) is 0 Å². The van der Waals surface area contributed by atoms with Crippen LogP contribution in [0.1, 0.15) is 58.3 Å². The third kappa shape index (κ3) is 4.78. The molecule has 1 amide bonds. The fraction of sp³-hybridized carbons (Fsp3) is 0.265. The first kappa shape index (κ1) is 25.8. The molecule has 6 nitrogen and oxygen atoms in total. The SMILES string of the molecule is Cc1ccc(NS(=O)(=O)c2ccc(NC(=O)c3ccc4c(c3)[C@@H]3[C@H]5CC[C@@H](C5)[C@@H]3[C@@H](c3ccccc3)N4)cc2)cc1. The number of aryl methyl sites for hydroxylation is 1. The van der Waals surface area contributed by atoms with Crippen molar-refractivity contribution in [2.75, 3.05) is 15.4 Å². The molecule has 2 fully saturated rings. The lowest BCUT2D eigenvalue weighted by Crippen LogP contribution is -2.35. The van der Waals surface area contributed by atoms with Gasteiger partial charge in [0.2, 0.25) is 0 Å². The van der Waals surface area contributed by atoms with Crippen molar-refractivity contribution in [2.45, 2.75) is 43.0 Å². The summed E-state index contributed by atoms with van der Waals surface area (Å²) in [5.74, 6) is 2.16.